The summed E-state index contributed by atoms with van der Waals surface area (Å²) in [6, 6.07) is 5.83. The number of hydrogen-bond acceptors (Lipinski definition) is 5. The zero-order chi connectivity index (χ0) is 17.6. The molecule has 3 rings (SSSR count). The van der Waals surface area contributed by atoms with Crippen LogP contribution in [0.25, 0.3) is 6.08 Å². The number of carbonyl (C=O) groups is 1. The quantitative estimate of drug-likeness (QED) is 0.779. The molecule has 1 aromatic carbocycles. The summed E-state index contributed by atoms with van der Waals surface area (Å²) in [6.07, 6.45) is 8.50. The maximum Gasteiger partial charge on any atom is 0.246 e. The molecule has 7 heteroatoms. The van der Waals surface area contributed by atoms with Crippen LogP contribution in [0.5, 0.6) is 11.5 Å². The third-order valence-corrected chi connectivity index (χ3v) is 4.37. The Morgan fingerprint density at radius 3 is 2.44 bits per heavy atom. The fourth-order valence-electron chi connectivity index (χ4n) is 2.96. The molecule has 1 aromatic heterocycles. The normalized spacial score (nSPS) is 15.5. The second kappa shape index (κ2) is 7.83. The van der Waals surface area contributed by atoms with Gasteiger partial charge in [0.1, 0.15) is 0 Å². The summed E-state index contributed by atoms with van der Waals surface area (Å²) in [4.78, 5) is 16.0. The third-order valence-electron chi connectivity index (χ3n) is 4.37. The minimum absolute atomic E-state index is 0.0154. The Balaban J connectivity index is 1.58. The molecule has 1 amide bonds. The molecule has 0 aliphatic carbocycles. The molecule has 1 fully saturated rings. The molecule has 1 aliphatic rings. The number of ether oxygens (including phenoxy) is 2. The Hall–Kier alpha value is -2.83. The number of amides is 1. The summed E-state index contributed by atoms with van der Waals surface area (Å²) in [6.45, 7) is 1.42. The number of benzene rings is 1. The monoisotopic (exact) mass is 342 g/mol. The van der Waals surface area contributed by atoms with Crippen molar-refractivity contribution in [2.24, 2.45) is 0 Å². The minimum Gasteiger partial charge on any atom is -0.493 e. The van der Waals surface area contributed by atoms with Crippen molar-refractivity contribution in [3.05, 3.63) is 42.2 Å². The van der Waals surface area contributed by atoms with Gasteiger partial charge in [0, 0.05) is 19.2 Å². The van der Waals surface area contributed by atoms with Crippen LogP contribution in [-0.2, 0) is 4.79 Å². The summed E-state index contributed by atoms with van der Waals surface area (Å²) >= 11 is 0. The average molecular weight is 342 g/mol. The van der Waals surface area contributed by atoms with E-state index < -0.39 is 0 Å². The van der Waals surface area contributed by atoms with Crippen molar-refractivity contribution in [2.75, 3.05) is 27.3 Å². The molecule has 2 aromatic rings. The Kier molecular flexibility index (Phi) is 5.33. The number of likely N-dealkylation sites (tertiary alicyclic amines) is 1. The van der Waals surface area contributed by atoms with Crippen molar-refractivity contribution in [1.29, 1.82) is 0 Å². The van der Waals surface area contributed by atoms with Crippen LogP contribution in [-0.4, -0.2) is 53.1 Å². The summed E-state index contributed by atoms with van der Waals surface area (Å²) in [5.41, 5.74) is 0.890. The molecule has 0 radical (unpaired) electrons. The Bertz CT molecular complexity index is 735. The molecule has 1 aliphatic heterocycles. The SMILES string of the molecule is COc1ccc(C=CC(=O)N2CCC(n3nccn3)CC2)cc1OC. The Morgan fingerprint density at radius 1 is 1.12 bits per heavy atom. The zero-order valence-electron chi connectivity index (χ0n) is 14.5. The average Bonchev–Trinajstić information content (AvgIpc) is 3.20. The first-order valence-corrected chi connectivity index (χ1v) is 8.26. The molecular weight excluding hydrogens is 320 g/mol. The number of piperidine rings is 1. The van der Waals surface area contributed by atoms with Crippen molar-refractivity contribution in [1.82, 2.24) is 19.9 Å². The molecule has 1 saturated heterocycles. The van der Waals surface area contributed by atoms with Gasteiger partial charge in [0.15, 0.2) is 11.5 Å². The number of rotatable bonds is 5. The van der Waals surface area contributed by atoms with Crippen molar-refractivity contribution in [3.63, 3.8) is 0 Å². The summed E-state index contributed by atoms with van der Waals surface area (Å²) < 4.78 is 10.5. The van der Waals surface area contributed by atoms with Gasteiger partial charge < -0.3 is 14.4 Å². The molecule has 0 bridgehead atoms. The molecule has 25 heavy (non-hydrogen) atoms. The van der Waals surface area contributed by atoms with Crippen LogP contribution >= 0.6 is 0 Å². The molecule has 0 saturated carbocycles. The predicted molar refractivity (Wildman–Crippen MR) is 93.5 cm³/mol. The van der Waals surface area contributed by atoms with E-state index in [1.807, 2.05) is 23.1 Å². The Morgan fingerprint density at radius 2 is 1.80 bits per heavy atom. The van der Waals surface area contributed by atoms with E-state index in [2.05, 4.69) is 10.2 Å². The fourth-order valence-corrected chi connectivity index (χ4v) is 2.96. The molecular formula is C18H22N4O3. The smallest absolute Gasteiger partial charge is 0.246 e. The van der Waals surface area contributed by atoms with Crippen molar-refractivity contribution in [2.45, 2.75) is 18.9 Å². The van der Waals surface area contributed by atoms with Gasteiger partial charge in [0.05, 0.1) is 32.7 Å². The van der Waals surface area contributed by atoms with E-state index in [-0.39, 0.29) is 11.9 Å². The van der Waals surface area contributed by atoms with Gasteiger partial charge in [0.25, 0.3) is 0 Å². The van der Waals surface area contributed by atoms with Gasteiger partial charge >= 0.3 is 0 Å². The lowest BCUT2D eigenvalue weighted by Crippen LogP contribution is -2.38. The predicted octanol–water partition coefficient (Wildman–Crippen LogP) is 2.17. The lowest BCUT2D eigenvalue weighted by atomic mass is 10.1. The van der Waals surface area contributed by atoms with Crippen LogP contribution in [0.4, 0.5) is 0 Å². The maximum atomic E-state index is 12.4. The Labute approximate surface area is 146 Å². The second-order valence-electron chi connectivity index (χ2n) is 5.85. The van der Waals surface area contributed by atoms with Gasteiger partial charge in [-0.15, -0.1) is 0 Å². The van der Waals surface area contributed by atoms with Crippen molar-refractivity contribution in [3.8, 4) is 11.5 Å². The van der Waals surface area contributed by atoms with Gasteiger partial charge in [0.2, 0.25) is 5.91 Å². The summed E-state index contributed by atoms with van der Waals surface area (Å²) in [5, 5.41) is 8.36. The largest absolute Gasteiger partial charge is 0.493 e. The van der Waals surface area contributed by atoms with Gasteiger partial charge in [-0.05, 0) is 36.6 Å². The minimum atomic E-state index is 0.0154. The van der Waals surface area contributed by atoms with Crippen LogP contribution < -0.4 is 9.47 Å². The summed E-state index contributed by atoms with van der Waals surface area (Å²) in [7, 11) is 3.19. The van der Waals surface area contributed by atoms with E-state index in [1.54, 1.807) is 43.6 Å². The zero-order valence-corrected chi connectivity index (χ0v) is 14.5. The fraction of sp³-hybridized carbons (Fsp3) is 0.389. The number of hydrogen-bond donors (Lipinski definition) is 0. The summed E-state index contributed by atoms with van der Waals surface area (Å²) in [5.74, 6) is 1.33. The van der Waals surface area contributed by atoms with E-state index in [0.29, 0.717) is 24.6 Å². The molecule has 0 N–H and O–H groups in total. The standard InChI is InChI=1S/C18H22N4O3/c1-24-16-5-3-14(13-17(16)25-2)4-6-18(23)21-11-7-15(8-12-21)22-19-9-10-20-22/h3-6,9-10,13,15H,7-8,11-12H2,1-2H3. The highest BCUT2D eigenvalue weighted by molar-refractivity contribution is 5.91. The first-order chi connectivity index (χ1) is 12.2. The topological polar surface area (TPSA) is 69.5 Å². The number of methoxy groups -OCH3 is 2. The molecule has 0 unspecified atom stereocenters. The van der Waals surface area contributed by atoms with Crippen LogP contribution in [0.15, 0.2) is 36.7 Å². The van der Waals surface area contributed by atoms with Crippen LogP contribution in [0.1, 0.15) is 24.4 Å². The lowest BCUT2D eigenvalue weighted by molar-refractivity contribution is -0.127. The second-order valence-corrected chi connectivity index (χ2v) is 5.85. The third kappa shape index (κ3) is 3.99. The van der Waals surface area contributed by atoms with E-state index in [9.17, 15) is 4.79 Å². The first kappa shape index (κ1) is 17.0. The van der Waals surface area contributed by atoms with Crippen LogP contribution in [0.2, 0.25) is 0 Å². The lowest BCUT2D eigenvalue weighted by Gasteiger charge is -2.30. The van der Waals surface area contributed by atoms with Crippen LogP contribution in [0, 0.1) is 0 Å². The molecule has 2 heterocycles. The molecule has 132 valence electrons. The van der Waals surface area contributed by atoms with Gasteiger partial charge in [-0.25, -0.2) is 0 Å². The van der Waals surface area contributed by atoms with Gasteiger partial charge in [-0.1, -0.05) is 6.07 Å². The van der Waals surface area contributed by atoms with Gasteiger partial charge in [-0.2, -0.15) is 15.0 Å². The number of aromatic nitrogens is 3. The van der Waals surface area contributed by atoms with Gasteiger partial charge in [-0.3, -0.25) is 4.79 Å². The highest BCUT2D eigenvalue weighted by Gasteiger charge is 2.23. The first-order valence-electron chi connectivity index (χ1n) is 8.26. The molecule has 0 spiro atoms. The van der Waals surface area contributed by atoms with Crippen molar-refractivity contribution < 1.29 is 14.3 Å². The maximum absolute atomic E-state index is 12.4. The highest BCUT2D eigenvalue weighted by atomic mass is 16.5. The van der Waals surface area contributed by atoms with Crippen molar-refractivity contribution >= 4 is 12.0 Å². The van der Waals surface area contributed by atoms with E-state index in [4.69, 9.17) is 9.47 Å². The van der Waals surface area contributed by atoms with E-state index in [1.165, 1.54) is 0 Å². The number of carbonyl (C=O) groups excluding carboxylic acids is 1. The van der Waals surface area contributed by atoms with E-state index >= 15 is 0 Å². The van der Waals surface area contributed by atoms with E-state index in [0.717, 1.165) is 18.4 Å². The molecule has 7 nitrogen and oxygen atoms in total. The number of nitrogens with zero attached hydrogens (tertiary/aromatic N) is 4. The van der Waals surface area contributed by atoms with Crippen LogP contribution in [0.3, 0.4) is 0 Å². The highest BCUT2D eigenvalue weighted by Crippen LogP contribution is 2.28. The molecule has 0 atom stereocenters.